The maximum Gasteiger partial charge on any atom is 0.338 e. The first-order chi connectivity index (χ1) is 16.4. The summed E-state index contributed by atoms with van der Waals surface area (Å²) in [6, 6.07) is 12.0. The van der Waals surface area contributed by atoms with Crippen LogP contribution in [0.5, 0.6) is 5.75 Å². The number of hydrogen-bond donors (Lipinski definition) is 1. The van der Waals surface area contributed by atoms with E-state index in [-0.39, 0.29) is 18.3 Å². The van der Waals surface area contributed by atoms with Gasteiger partial charge in [-0.05, 0) is 61.9 Å². The third-order valence-electron chi connectivity index (χ3n) is 4.61. The van der Waals surface area contributed by atoms with E-state index in [1.54, 1.807) is 49.4 Å². The Morgan fingerprint density at radius 2 is 1.97 bits per heavy atom. The zero-order valence-corrected chi connectivity index (χ0v) is 20.5. The van der Waals surface area contributed by atoms with Gasteiger partial charge < -0.3 is 14.8 Å². The lowest BCUT2D eigenvalue weighted by atomic mass is 10.2. The number of thioether (sulfide) groups is 1. The smallest absolute Gasteiger partial charge is 0.338 e. The molecule has 0 atom stereocenters. The number of hydrogen-bond acceptors (Lipinski definition) is 7. The molecule has 0 fully saturated rings. The monoisotopic (exact) mass is 500 g/mol. The van der Waals surface area contributed by atoms with Crippen LogP contribution in [-0.4, -0.2) is 39.0 Å². The second kappa shape index (κ2) is 12.2. The fraction of sp³-hybridized carbons (Fsp3) is 0.250. The predicted octanol–water partition coefficient (Wildman–Crippen LogP) is 4.91. The Balaban J connectivity index is 1.57. The molecular formula is C24H25ClN4O4S. The third kappa shape index (κ3) is 6.85. The summed E-state index contributed by atoms with van der Waals surface area (Å²) in [6.45, 7) is 8.43. The first-order valence-electron chi connectivity index (χ1n) is 10.5. The maximum absolute atomic E-state index is 12.4. The lowest BCUT2D eigenvalue weighted by Gasteiger charge is -2.10. The van der Waals surface area contributed by atoms with Crippen LogP contribution in [0.15, 0.2) is 60.3 Å². The lowest BCUT2D eigenvalue weighted by molar-refractivity contribution is -0.113. The molecule has 34 heavy (non-hydrogen) atoms. The molecule has 2 aromatic carbocycles. The Morgan fingerprint density at radius 3 is 2.65 bits per heavy atom. The van der Waals surface area contributed by atoms with Crippen molar-refractivity contribution in [1.29, 1.82) is 0 Å². The minimum atomic E-state index is -0.400. The van der Waals surface area contributed by atoms with Gasteiger partial charge in [-0.1, -0.05) is 29.4 Å². The van der Waals surface area contributed by atoms with Crippen LogP contribution in [0.1, 0.15) is 28.7 Å². The van der Waals surface area contributed by atoms with Gasteiger partial charge in [0.25, 0.3) is 0 Å². The highest BCUT2D eigenvalue weighted by atomic mass is 35.5. The number of halogens is 1. The predicted molar refractivity (Wildman–Crippen MR) is 132 cm³/mol. The zero-order valence-electron chi connectivity index (χ0n) is 18.9. The zero-order chi connectivity index (χ0) is 24.5. The summed E-state index contributed by atoms with van der Waals surface area (Å²) >= 11 is 7.32. The molecule has 0 saturated heterocycles. The van der Waals surface area contributed by atoms with Crippen molar-refractivity contribution in [3.8, 4) is 5.75 Å². The minimum Gasteiger partial charge on any atom is -0.486 e. The molecule has 0 saturated carbocycles. The molecule has 3 aromatic rings. The van der Waals surface area contributed by atoms with Crippen LogP contribution in [0.4, 0.5) is 5.69 Å². The van der Waals surface area contributed by atoms with E-state index in [0.717, 1.165) is 5.56 Å². The molecule has 0 radical (unpaired) electrons. The first kappa shape index (κ1) is 25.3. The number of nitrogens with zero attached hydrogens (tertiary/aromatic N) is 3. The number of rotatable bonds is 11. The van der Waals surface area contributed by atoms with Crippen LogP contribution in [0.3, 0.4) is 0 Å². The molecule has 1 N–H and O–H groups in total. The van der Waals surface area contributed by atoms with Crippen LogP contribution in [-0.2, 0) is 22.7 Å². The standard InChI is InChI=1S/C24H25ClN4O4S/c1-4-12-29-21(14-33-19-10-11-20(25)16(3)13-19)27-28-24(29)34-15-22(30)26-18-8-6-17(7-9-18)23(31)32-5-2/h4,6-11,13H,1,5,12,14-15H2,2-3H3,(H,26,30). The highest BCUT2D eigenvalue weighted by molar-refractivity contribution is 7.99. The van der Waals surface area contributed by atoms with Gasteiger partial charge in [0.2, 0.25) is 5.91 Å². The van der Waals surface area contributed by atoms with E-state index in [9.17, 15) is 9.59 Å². The average Bonchev–Trinajstić information content (AvgIpc) is 3.21. The second-order valence-corrected chi connectivity index (χ2v) is 8.48. The van der Waals surface area contributed by atoms with E-state index < -0.39 is 5.97 Å². The van der Waals surface area contributed by atoms with Gasteiger partial charge in [0.05, 0.1) is 17.9 Å². The molecule has 8 nitrogen and oxygen atoms in total. The topological polar surface area (TPSA) is 95.3 Å². The summed E-state index contributed by atoms with van der Waals surface area (Å²) in [4.78, 5) is 24.1. The number of amides is 1. The van der Waals surface area contributed by atoms with Crippen molar-refractivity contribution in [3.63, 3.8) is 0 Å². The summed E-state index contributed by atoms with van der Waals surface area (Å²) in [6.07, 6.45) is 1.73. The maximum atomic E-state index is 12.4. The second-order valence-electron chi connectivity index (χ2n) is 7.13. The SMILES string of the molecule is C=CCn1c(COc2ccc(Cl)c(C)c2)nnc1SCC(=O)Nc1ccc(C(=O)OCC)cc1. The lowest BCUT2D eigenvalue weighted by Crippen LogP contribution is -2.15. The van der Waals surface area contributed by atoms with Crippen molar-refractivity contribution in [2.24, 2.45) is 0 Å². The van der Waals surface area contributed by atoms with E-state index >= 15 is 0 Å². The Morgan fingerprint density at radius 1 is 1.21 bits per heavy atom. The van der Waals surface area contributed by atoms with E-state index in [4.69, 9.17) is 21.1 Å². The van der Waals surface area contributed by atoms with Crippen molar-refractivity contribution in [3.05, 3.63) is 77.1 Å². The average molecular weight is 501 g/mol. The van der Waals surface area contributed by atoms with Crippen LogP contribution >= 0.6 is 23.4 Å². The van der Waals surface area contributed by atoms with Crippen molar-refractivity contribution in [2.75, 3.05) is 17.7 Å². The van der Waals surface area contributed by atoms with Gasteiger partial charge in [0.1, 0.15) is 12.4 Å². The van der Waals surface area contributed by atoms with Crippen LogP contribution in [0.2, 0.25) is 5.02 Å². The molecule has 0 aliphatic carbocycles. The Kier molecular flexibility index (Phi) is 9.12. The number of allylic oxidation sites excluding steroid dienone is 1. The number of anilines is 1. The number of esters is 1. The normalized spacial score (nSPS) is 10.6. The van der Waals surface area contributed by atoms with Gasteiger partial charge >= 0.3 is 5.97 Å². The van der Waals surface area contributed by atoms with Gasteiger partial charge in [-0.2, -0.15) is 0 Å². The van der Waals surface area contributed by atoms with Gasteiger partial charge in [-0.25, -0.2) is 4.79 Å². The summed E-state index contributed by atoms with van der Waals surface area (Å²) in [5, 5.41) is 12.5. The Labute approximate surface area is 207 Å². The molecule has 1 aromatic heterocycles. The fourth-order valence-electron chi connectivity index (χ4n) is 2.93. The number of aromatic nitrogens is 3. The van der Waals surface area contributed by atoms with Gasteiger partial charge in [0, 0.05) is 17.3 Å². The number of ether oxygens (including phenoxy) is 2. The molecule has 0 unspecified atom stereocenters. The Bertz CT molecular complexity index is 1160. The molecule has 1 heterocycles. The number of benzene rings is 2. The highest BCUT2D eigenvalue weighted by Crippen LogP contribution is 2.23. The van der Waals surface area contributed by atoms with Crippen LogP contribution in [0.25, 0.3) is 0 Å². The molecule has 0 bridgehead atoms. The molecule has 10 heteroatoms. The van der Waals surface area contributed by atoms with Crippen molar-refractivity contribution >= 4 is 40.9 Å². The summed E-state index contributed by atoms with van der Waals surface area (Å²) in [5.41, 5.74) is 1.93. The minimum absolute atomic E-state index is 0.131. The Hall–Kier alpha value is -3.30. The van der Waals surface area contributed by atoms with E-state index in [0.29, 0.717) is 46.2 Å². The summed E-state index contributed by atoms with van der Waals surface area (Å²) in [7, 11) is 0. The largest absolute Gasteiger partial charge is 0.486 e. The molecule has 0 spiro atoms. The van der Waals surface area contributed by atoms with Gasteiger partial charge in [-0.3, -0.25) is 9.36 Å². The van der Waals surface area contributed by atoms with E-state index in [2.05, 4.69) is 22.1 Å². The van der Waals surface area contributed by atoms with Gasteiger partial charge in [0.15, 0.2) is 11.0 Å². The molecule has 178 valence electrons. The van der Waals surface area contributed by atoms with Gasteiger partial charge in [-0.15, -0.1) is 16.8 Å². The molecule has 3 rings (SSSR count). The number of carbonyl (C=O) groups excluding carboxylic acids is 2. The summed E-state index contributed by atoms with van der Waals surface area (Å²) < 4.78 is 12.6. The number of aryl methyl sites for hydroxylation is 1. The first-order valence-corrected chi connectivity index (χ1v) is 11.9. The highest BCUT2D eigenvalue weighted by Gasteiger charge is 2.15. The van der Waals surface area contributed by atoms with E-state index in [1.807, 2.05) is 17.6 Å². The van der Waals surface area contributed by atoms with E-state index in [1.165, 1.54) is 11.8 Å². The number of carbonyl (C=O) groups is 2. The quantitative estimate of drug-likeness (QED) is 0.227. The summed E-state index contributed by atoms with van der Waals surface area (Å²) in [5.74, 6) is 0.814. The van der Waals surface area contributed by atoms with Crippen LogP contribution in [0, 0.1) is 6.92 Å². The van der Waals surface area contributed by atoms with Crippen molar-refractivity contribution in [2.45, 2.75) is 32.2 Å². The van der Waals surface area contributed by atoms with Crippen molar-refractivity contribution < 1.29 is 19.1 Å². The number of nitrogens with one attached hydrogen (secondary N) is 1. The molecule has 1 amide bonds. The third-order valence-corrected chi connectivity index (χ3v) is 6.01. The molecule has 0 aliphatic heterocycles. The van der Waals surface area contributed by atoms with Crippen LogP contribution < -0.4 is 10.1 Å². The van der Waals surface area contributed by atoms with Crippen molar-refractivity contribution in [1.82, 2.24) is 14.8 Å². The fourth-order valence-corrected chi connectivity index (χ4v) is 3.82. The molecular weight excluding hydrogens is 476 g/mol. The molecule has 0 aliphatic rings.